The Hall–Kier alpha value is -1.13. The van der Waals surface area contributed by atoms with Crippen molar-refractivity contribution in [1.82, 2.24) is 4.98 Å². The lowest BCUT2D eigenvalue weighted by molar-refractivity contribution is 0.0266. The zero-order valence-corrected chi connectivity index (χ0v) is 10.1. The monoisotopic (exact) mass is 224 g/mol. The lowest BCUT2D eigenvalue weighted by atomic mass is 9.92. The summed E-state index contributed by atoms with van der Waals surface area (Å²) >= 11 is 0. The maximum absolute atomic E-state index is 10.1. The Balaban J connectivity index is 2.67. The molecule has 0 bridgehead atoms. The van der Waals surface area contributed by atoms with Gasteiger partial charge in [0, 0.05) is 30.2 Å². The number of aliphatic hydroxyl groups is 2. The molecule has 0 fully saturated rings. The van der Waals surface area contributed by atoms with Gasteiger partial charge in [-0.15, -0.1) is 0 Å². The van der Waals surface area contributed by atoms with Crippen LogP contribution >= 0.6 is 0 Å². The molecule has 0 amide bonds. The Bertz CT molecular complexity index is 338. The molecule has 4 heteroatoms. The first-order chi connectivity index (χ1) is 7.47. The van der Waals surface area contributed by atoms with Gasteiger partial charge in [0.2, 0.25) is 0 Å². The van der Waals surface area contributed by atoms with Gasteiger partial charge in [0.15, 0.2) is 0 Å². The summed E-state index contributed by atoms with van der Waals surface area (Å²) in [6.45, 7) is 6.13. The van der Waals surface area contributed by atoms with Gasteiger partial charge < -0.3 is 15.5 Å². The summed E-state index contributed by atoms with van der Waals surface area (Å²) in [7, 11) is 0. The molecule has 90 valence electrons. The molecule has 0 aliphatic carbocycles. The highest BCUT2D eigenvalue weighted by Crippen LogP contribution is 2.19. The minimum atomic E-state index is -0.768. The molecule has 0 spiro atoms. The van der Waals surface area contributed by atoms with Crippen molar-refractivity contribution < 1.29 is 10.2 Å². The van der Waals surface area contributed by atoms with Crippen molar-refractivity contribution in [3.05, 3.63) is 24.0 Å². The minimum Gasteiger partial charge on any atom is -0.392 e. The van der Waals surface area contributed by atoms with E-state index in [4.69, 9.17) is 5.11 Å². The van der Waals surface area contributed by atoms with Crippen LogP contribution in [0.15, 0.2) is 18.5 Å². The number of hydrogen-bond donors (Lipinski definition) is 3. The molecule has 1 rings (SSSR count). The summed E-state index contributed by atoms with van der Waals surface area (Å²) < 4.78 is 0. The van der Waals surface area contributed by atoms with Crippen molar-refractivity contribution in [1.29, 1.82) is 0 Å². The largest absolute Gasteiger partial charge is 0.392 e. The molecule has 1 aromatic rings. The normalized spacial score (nSPS) is 14.9. The number of aromatic nitrogens is 1. The Labute approximate surface area is 96.3 Å². The van der Waals surface area contributed by atoms with Gasteiger partial charge in [-0.2, -0.15) is 0 Å². The highest BCUT2D eigenvalue weighted by Gasteiger charge is 2.24. The van der Waals surface area contributed by atoms with Crippen LogP contribution in [0.1, 0.15) is 26.3 Å². The molecule has 4 nitrogen and oxygen atoms in total. The second kappa shape index (κ2) is 5.27. The molecule has 0 aromatic carbocycles. The predicted octanol–water partition coefficient (Wildman–Crippen LogP) is 1.39. The van der Waals surface area contributed by atoms with E-state index in [1.807, 2.05) is 13.8 Å². The molecule has 0 saturated carbocycles. The molecule has 1 heterocycles. The van der Waals surface area contributed by atoms with Crippen LogP contribution in [-0.4, -0.2) is 27.3 Å². The first kappa shape index (κ1) is 12.9. The molecule has 1 aromatic heterocycles. The maximum Gasteiger partial charge on any atom is 0.0813 e. The van der Waals surface area contributed by atoms with Crippen LogP contribution in [0.3, 0.4) is 0 Å². The summed E-state index contributed by atoms with van der Waals surface area (Å²) in [5, 5.41) is 22.3. The summed E-state index contributed by atoms with van der Waals surface area (Å²) in [5.41, 5.74) is 0.788. The van der Waals surface area contributed by atoms with Gasteiger partial charge in [0.25, 0.3) is 0 Å². The van der Waals surface area contributed by atoms with E-state index in [1.165, 1.54) is 0 Å². The third-order valence-corrected chi connectivity index (χ3v) is 2.95. The molecule has 1 unspecified atom stereocenters. The van der Waals surface area contributed by atoms with Gasteiger partial charge in [-0.1, -0.05) is 13.8 Å². The zero-order valence-electron chi connectivity index (χ0n) is 10.1. The minimum absolute atomic E-state index is 0.0556. The Morgan fingerprint density at radius 3 is 2.75 bits per heavy atom. The second-order valence-corrected chi connectivity index (χ2v) is 4.56. The van der Waals surface area contributed by atoms with Gasteiger partial charge in [0.05, 0.1) is 12.2 Å². The highest BCUT2D eigenvalue weighted by atomic mass is 16.3. The maximum atomic E-state index is 10.1. The summed E-state index contributed by atoms with van der Waals surface area (Å²) in [6, 6.07) is 1.79. The molecule has 0 radical (unpaired) electrons. The van der Waals surface area contributed by atoms with E-state index < -0.39 is 5.60 Å². The molecule has 0 aliphatic rings. The van der Waals surface area contributed by atoms with Gasteiger partial charge in [0.1, 0.15) is 0 Å². The van der Waals surface area contributed by atoms with Crippen LogP contribution < -0.4 is 5.32 Å². The molecular weight excluding hydrogens is 204 g/mol. The third kappa shape index (κ3) is 3.18. The van der Waals surface area contributed by atoms with Crippen LogP contribution in [0.5, 0.6) is 0 Å². The Morgan fingerprint density at radius 1 is 1.50 bits per heavy atom. The fraction of sp³-hybridized carbons (Fsp3) is 0.583. The molecular formula is C12H20N2O2. The van der Waals surface area contributed by atoms with Crippen LogP contribution in [0.2, 0.25) is 0 Å². The quantitative estimate of drug-likeness (QED) is 0.707. The lowest BCUT2D eigenvalue weighted by Gasteiger charge is -2.28. The summed E-state index contributed by atoms with van der Waals surface area (Å²) in [4.78, 5) is 3.93. The van der Waals surface area contributed by atoms with Crippen LogP contribution in [0, 0.1) is 5.92 Å². The van der Waals surface area contributed by atoms with Gasteiger partial charge in [-0.05, 0) is 18.9 Å². The second-order valence-electron chi connectivity index (χ2n) is 4.56. The molecule has 1 atom stereocenters. The van der Waals surface area contributed by atoms with E-state index in [9.17, 15) is 5.11 Å². The van der Waals surface area contributed by atoms with E-state index in [0.29, 0.717) is 6.54 Å². The number of hydrogen-bond acceptors (Lipinski definition) is 4. The number of nitrogens with zero attached hydrogens (tertiary/aromatic N) is 1. The topological polar surface area (TPSA) is 65.4 Å². The predicted molar refractivity (Wildman–Crippen MR) is 64.1 cm³/mol. The van der Waals surface area contributed by atoms with Crippen LogP contribution in [0.25, 0.3) is 0 Å². The molecule has 0 saturated heterocycles. The number of rotatable bonds is 5. The average Bonchev–Trinajstić information content (AvgIpc) is 2.26. The number of pyridine rings is 1. The van der Waals surface area contributed by atoms with Crippen molar-refractivity contribution in [2.75, 3.05) is 11.9 Å². The van der Waals surface area contributed by atoms with E-state index in [1.54, 1.807) is 25.4 Å². The Morgan fingerprint density at radius 2 is 2.19 bits per heavy atom. The lowest BCUT2D eigenvalue weighted by Crippen LogP contribution is -2.38. The van der Waals surface area contributed by atoms with Crippen LogP contribution in [0.4, 0.5) is 5.69 Å². The number of aliphatic hydroxyl groups excluding tert-OH is 1. The van der Waals surface area contributed by atoms with Crippen molar-refractivity contribution in [2.45, 2.75) is 33.0 Å². The fourth-order valence-corrected chi connectivity index (χ4v) is 1.20. The van der Waals surface area contributed by atoms with Crippen LogP contribution in [-0.2, 0) is 6.61 Å². The van der Waals surface area contributed by atoms with Crippen molar-refractivity contribution >= 4 is 5.69 Å². The first-order valence-corrected chi connectivity index (χ1v) is 5.47. The fourth-order valence-electron chi connectivity index (χ4n) is 1.20. The SMILES string of the molecule is CC(C)C(C)(O)CNc1ccncc1CO. The molecule has 16 heavy (non-hydrogen) atoms. The molecule has 0 aliphatic heterocycles. The average molecular weight is 224 g/mol. The van der Waals surface area contributed by atoms with E-state index in [-0.39, 0.29) is 12.5 Å². The van der Waals surface area contributed by atoms with Gasteiger partial charge >= 0.3 is 0 Å². The van der Waals surface area contributed by atoms with Gasteiger partial charge in [-0.25, -0.2) is 0 Å². The summed E-state index contributed by atoms with van der Waals surface area (Å²) in [6.07, 6.45) is 3.28. The van der Waals surface area contributed by atoms with Gasteiger partial charge in [-0.3, -0.25) is 4.98 Å². The van der Waals surface area contributed by atoms with Crippen molar-refractivity contribution in [3.8, 4) is 0 Å². The first-order valence-electron chi connectivity index (χ1n) is 5.47. The van der Waals surface area contributed by atoms with E-state index in [0.717, 1.165) is 11.3 Å². The van der Waals surface area contributed by atoms with E-state index in [2.05, 4.69) is 10.3 Å². The van der Waals surface area contributed by atoms with Crippen molar-refractivity contribution in [2.24, 2.45) is 5.92 Å². The molecule has 3 N–H and O–H groups in total. The summed E-state index contributed by atoms with van der Waals surface area (Å²) in [5.74, 6) is 0.166. The van der Waals surface area contributed by atoms with E-state index >= 15 is 0 Å². The Kier molecular flexibility index (Phi) is 4.26. The number of nitrogens with one attached hydrogen (secondary N) is 1. The third-order valence-electron chi connectivity index (χ3n) is 2.95. The highest BCUT2D eigenvalue weighted by molar-refractivity contribution is 5.49. The van der Waals surface area contributed by atoms with Crippen molar-refractivity contribution in [3.63, 3.8) is 0 Å². The number of anilines is 1. The standard InChI is InChI=1S/C12H20N2O2/c1-9(2)12(3,16)8-14-11-4-5-13-6-10(11)7-15/h4-6,9,15-16H,7-8H2,1-3H3,(H,13,14). The zero-order chi connectivity index (χ0) is 12.2. The smallest absolute Gasteiger partial charge is 0.0813 e.